The number of Topliss-reactive ketones (excluding diaryl/α,β-unsaturated/α-hetero) is 1. The number of nitrogens with zero attached hydrogens (tertiary/aromatic N) is 7. The van der Waals surface area contributed by atoms with Gasteiger partial charge in [-0.3, -0.25) is 58.3 Å². The zero-order valence-corrected chi connectivity index (χ0v) is 58.6. The number of aliphatic hydroxyl groups is 2. The van der Waals surface area contributed by atoms with Gasteiger partial charge in [-0.1, -0.05) is 59.8 Å². The fourth-order valence-electron chi connectivity index (χ4n) is 14.0. The van der Waals surface area contributed by atoms with E-state index in [2.05, 4.69) is 20.9 Å². The zero-order chi connectivity index (χ0) is 76.0. The van der Waals surface area contributed by atoms with Crippen molar-refractivity contribution in [3.63, 3.8) is 0 Å². The maximum atomic E-state index is 14.2. The second-order valence-electron chi connectivity index (χ2n) is 25.8. The van der Waals surface area contributed by atoms with E-state index >= 15 is 0 Å². The molecule has 107 heavy (non-hydrogen) atoms. The number of rotatable bonds is 30. The number of hydrogen-bond donors (Lipinski definition) is 6. The first-order chi connectivity index (χ1) is 51.5. The predicted molar refractivity (Wildman–Crippen MR) is 369 cm³/mol. The minimum absolute atomic E-state index is 0.0174. The van der Waals surface area contributed by atoms with E-state index in [4.69, 9.17) is 47.4 Å². The van der Waals surface area contributed by atoms with E-state index in [0.29, 0.717) is 23.5 Å². The van der Waals surface area contributed by atoms with Crippen molar-refractivity contribution >= 4 is 64.4 Å². The number of aromatic nitrogens is 3. The first-order valence-electron chi connectivity index (χ1n) is 34.4. The Morgan fingerprint density at radius 3 is 2.19 bits per heavy atom. The number of nitrogens with one attached hydrogen (secondary N) is 2. The van der Waals surface area contributed by atoms with E-state index in [-0.39, 0.29) is 143 Å². The standard InChI is InChI=1S/C73H77N9O25/c1-39(106-72(94)80-38-104-71-40(2)105-60(32-49(71)80)107-53-34-73(95,54(84)36-83)33-46-62(53)70(93)64-63(68(46)91)67(90)44-13-9-15-50(98-3)61(44)69(64)92)45-30-51(99-4)52(31-48(45)82(96)97)103-37-56(86)75-21-24-100-26-28-102-29-27-101-25-23-81-66-42-11-6-5-10-41(42)35-79(47-14-8-7-12-43(47)65(66)76-77-81)59(89)18-20-74-55(85)19-22-78-57(87)16-17-58(78)88/h5-17,30-31,39-40,49,53,60,71,83,91,93,95H,18-29,32-38H2,1-4H3,(H,74,85)(H,75,86)/t39?,40-,49-,53-,60-,71+,73-/m0/s1. The minimum Gasteiger partial charge on any atom is -0.507 e. The molecule has 0 spiro atoms. The van der Waals surface area contributed by atoms with E-state index in [1.807, 2.05) is 48.5 Å². The molecule has 6 aliphatic rings. The fourth-order valence-corrected chi connectivity index (χ4v) is 14.0. The van der Waals surface area contributed by atoms with E-state index in [9.17, 15) is 73.7 Å². The first kappa shape index (κ1) is 75.6. The molecular formula is C73H77N9O25. The Morgan fingerprint density at radius 2 is 1.46 bits per heavy atom. The van der Waals surface area contributed by atoms with E-state index < -0.39 is 149 Å². The predicted octanol–water partition coefficient (Wildman–Crippen LogP) is 3.99. The highest BCUT2D eigenvalue weighted by molar-refractivity contribution is 6.31. The number of carbonyl (C=O) groups is 9. The van der Waals surface area contributed by atoms with Gasteiger partial charge in [0, 0.05) is 91.7 Å². The second-order valence-corrected chi connectivity index (χ2v) is 25.8. The topological polar surface area (TPSA) is 434 Å². The molecule has 5 heterocycles. The highest BCUT2D eigenvalue weighted by Gasteiger charge is 2.53. The SMILES string of the molecule is COc1cc(C(C)OC(=O)N2CO[C@@H]3[C@H](C)O[C@@H](O[C@H]4C[C@](O)(C(=O)CO)Cc5c(O)c6c(c(O)c54)C(=O)c4c(OC)cccc4C6=O)C[C@@H]32)c([N+](=O)[O-])cc1OCC(=O)NCCOCCOCCOCCn1nnc2c1-c1ccccc1CN(C(=O)CCNC(=O)CCN1C(=O)C=CC1=O)c1ccccc1-2. The normalized spacial score (nSPS) is 19.9. The number of aromatic hydroxyl groups is 2. The zero-order valence-electron chi connectivity index (χ0n) is 58.6. The lowest BCUT2D eigenvalue weighted by Gasteiger charge is -2.42. The van der Waals surface area contributed by atoms with Gasteiger partial charge in [-0.25, -0.2) is 9.48 Å². The number of imide groups is 1. The van der Waals surface area contributed by atoms with Crippen molar-refractivity contribution in [2.75, 3.05) is 98.3 Å². The molecule has 6 amide bonds. The van der Waals surface area contributed by atoms with Crippen molar-refractivity contribution < 1.29 is 116 Å². The molecule has 12 rings (SSSR count). The van der Waals surface area contributed by atoms with Gasteiger partial charge in [-0.15, -0.1) is 5.10 Å². The van der Waals surface area contributed by atoms with Crippen molar-refractivity contribution in [2.24, 2.45) is 0 Å². The number of carbonyl (C=O) groups excluding carboxylic acids is 9. The van der Waals surface area contributed by atoms with Gasteiger partial charge in [0.2, 0.25) is 17.6 Å². The molecule has 6 N–H and O–H groups in total. The summed E-state index contributed by atoms with van der Waals surface area (Å²) in [5.41, 5.74) is -0.822. The maximum Gasteiger partial charge on any atom is 0.412 e. The van der Waals surface area contributed by atoms with Crippen LogP contribution in [0.3, 0.4) is 0 Å². The molecule has 2 saturated heterocycles. The molecule has 5 aromatic carbocycles. The van der Waals surface area contributed by atoms with Crippen LogP contribution < -0.4 is 29.7 Å². The van der Waals surface area contributed by atoms with E-state index in [0.717, 1.165) is 39.9 Å². The lowest BCUT2D eigenvalue weighted by Crippen LogP contribution is -2.52. The van der Waals surface area contributed by atoms with Gasteiger partial charge in [0.15, 0.2) is 36.0 Å². The van der Waals surface area contributed by atoms with Crippen LogP contribution in [0.5, 0.6) is 28.7 Å². The summed E-state index contributed by atoms with van der Waals surface area (Å²) in [7, 11) is 2.55. The summed E-state index contributed by atoms with van der Waals surface area (Å²) in [5, 5.41) is 72.7. The molecule has 0 saturated carbocycles. The molecule has 564 valence electrons. The summed E-state index contributed by atoms with van der Waals surface area (Å²) < 4.78 is 60.0. The Hall–Kier alpha value is -11.1. The van der Waals surface area contributed by atoms with Crippen molar-refractivity contribution in [1.29, 1.82) is 0 Å². The number of para-hydroxylation sites is 1. The molecule has 34 nitrogen and oxygen atoms in total. The Labute approximate surface area is 610 Å². The summed E-state index contributed by atoms with van der Waals surface area (Å²) in [6.45, 7) is 2.81. The number of phenols is 2. The van der Waals surface area contributed by atoms with Gasteiger partial charge in [-0.2, -0.15) is 0 Å². The fraction of sp³-hybridized carbons (Fsp3) is 0.411. The number of ketones is 3. The number of methoxy groups -OCH3 is 2. The average Bonchev–Trinajstić information content (AvgIpc) is 1.18. The van der Waals surface area contributed by atoms with Crippen LogP contribution >= 0.6 is 0 Å². The Bertz CT molecular complexity index is 4520. The van der Waals surface area contributed by atoms with Crippen molar-refractivity contribution in [3.05, 3.63) is 146 Å². The van der Waals surface area contributed by atoms with Crippen LogP contribution in [0.2, 0.25) is 0 Å². The van der Waals surface area contributed by atoms with Gasteiger partial charge in [0.05, 0.1) is 130 Å². The Balaban J connectivity index is 0.581. The summed E-state index contributed by atoms with van der Waals surface area (Å²) in [6.07, 6.45) is -6.15. The summed E-state index contributed by atoms with van der Waals surface area (Å²) in [6, 6.07) is 20.7. The number of anilines is 1. The third-order valence-corrected chi connectivity index (χ3v) is 19.3. The van der Waals surface area contributed by atoms with Crippen LogP contribution in [0.4, 0.5) is 16.2 Å². The van der Waals surface area contributed by atoms with E-state index in [1.165, 1.54) is 50.3 Å². The maximum absolute atomic E-state index is 14.2. The molecular weight excluding hydrogens is 1400 g/mol. The van der Waals surface area contributed by atoms with Gasteiger partial charge >= 0.3 is 6.09 Å². The number of benzene rings is 5. The number of nitro groups is 1. The molecule has 1 aromatic heterocycles. The van der Waals surface area contributed by atoms with E-state index in [1.54, 1.807) is 16.5 Å². The number of phenolic OH excluding ortho intramolecular Hbond substituents is 2. The van der Waals surface area contributed by atoms with Crippen molar-refractivity contribution in [1.82, 2.24) is 35.4 Å². The van der Waals surface area contributed by atoms with Crippen LogP contribution in [0.1, 0.15) is 106 Å². The van der Waals surface area contributed by atoms with Gasteiger partial charge < -0.3 is 83.3 Å². The third kappa shape index (κ3) is 15.6. The Morgan fingerprint density at radius 1 is 0.776 bits per heavy atom. The number of nitro benzene ring substituents is 1. The van der Waals surface area contributed by atoms with Crippen LogP contribution in [0.25, 0.3) is 22.5 Å². The lowest BCUT2D eigenvalue weighted by molar-refractivity contribution is -0.386. The number of fused-ring (bicyclic) bond motifs is 9. The smallest absolute Gasteiger partial charge is 0.412 e. The number of hydrogen-bond acceptors (Lipinski definition) is 27. The second kappa shape index (κ2) is 32.7. The van der Waals surface area contributed by atoms with Crippen LogP contribution in [-0.2, 0) is 81.4 Å². The Kier molecular flexibility index (Phi) is 23.1. The van der Waals surface area contributed by atoms with Gasteiger partial charge in [0.1, 0.15) is 54.1 Å². The molecule has 34 heteroatoms. The molecule has 4 aliphatic heterocycles. The molecule has 2 fully saturated rings. The summed E-state index contributed by atoms with van der Waals surface area (Å²) >= 11 is 0. The molecule has 1 unspecified atom stereocenters. The monoisotopic (exact) mass is 1480 g/mol. The molecule has 0 radical (unpaired) electrons. The summed E-state index contributed by atoms with van der Waals surface area (Å²) in [4.78, 5) is 135. The van der Waals surface area contributed by atoms with Gasteiger partial charge in [0.25, 0.3) is 23.4 Å². The van der Waals surface area contributed by atoms with Crippen LogP contribution in [-0.4, -0.2) is 227 Å². The average molecular weight is 1480 g/mol. The summed E-state index contributed by atoms with van der Waals surface area (Å²) in [5.74, 6) is -6.78. The quantitative estimate of drug-likeness (QED) is 0.0122. The molecule has 7 atom stereocenters. The molecule has 0 bridgehead atoms. The highest BCUT2D eigenvalue weighted by Crippen LogP contribution is 2.53. The van der Waals surface area contributed by atoms with Crippen LogP contribution in [0, 0.1) is 10.1 Å². The molecule has 6 aromatic rings. The molecule has 2 aliphatic carbocycles. The van der Waals surface area contributed by atoms with Gasteiger partial charge in [-0.05, 0) is 37.6 Å². The first-order valence-corrected chi connectivity index (χ1v) is 34.4. The van der Waals surface area contributed by atoms with Crippen molar-refractivity contribution in [2.45, 2.75) is 101 Å². The minimum atomic E-state index is -2.43. The number of amides is 6. The van der Waals surface area contributed by atoms with Crippen LogP contribution in [0.15, 0.2) is 91.0 Å². The van der Waals surface area contributed by atoms with Crippen molar-refractivity contribution in [3.8, 4) is 51.3 Å². The third-order valence-electron chi connectivity index (χ3n) is 19.3. The largest absolute Gasteiger partial charge is 0.507 e. The number of ether oxygens (including phenoxy) is 10. The number of aliphatic hydroxyl groups excluding tert-OH is 1. The highest BCUT2D eigenvalue weighted by atomic mass is 16.7. The lowest BCUT2D eigenvalue weighted by atomic mass is 9.72.